The van der Waals surface area contributed by atoms with Crippen LogP contribution in [0.4, 0.5) is 0 Å². The van der Waals surface area contributed by atoms with E-state index in [1.54, 1.807) is 17.5 Å². The second-order valence-corrected chi connectivity index (χ2v) is 2.23. The second-order valence-electron chi connectivity index (χ2n) is 1.28. The van der Waals surface area contributed by atoms with E-state index in [9.17, 15) is 4.79 Å². The van der Waals surface area contributed by atoms with Gasteiger partial charge in [0.1, 0.15) is 4.88 Å². The van der Waals surface area contributed by atoms with Crippen molar-refractivity contribution in [2.45, 2.75) is 0 Å². The van der Waals surface area contributed by atoms with Crippen molar-refractivity contribution in [1.29, 1.82) is 0 Å². The van der Waals surface area contributed by atoms with Crippen molar-refractivity contribution in [3.63, 3.8) is 0 Å². The fraction of sp³-hybridized carbons (Fsp3) is 0. The van der Waals surface area contributed by atoms with Crippen LogP contribution in [0, 0.1) is 0 Å². The quantitative estimate of drug-likeness (QED) is 0.507. The summed E-state index contributed by atoms with van der Waals surface area (Å²) in [7, 11) is 0. The van der Waals surface area contributed by atoms with E-state index in [4.69, 9.17) is 5.11 Å². The summed E-state index contributed by atoms with van der Waals surface area (Å²) in [5, 5.41) is 10.0. The number of rotatable bonds is 1. The number of thiophene rings is 1. The van der Waals surface area contributed by atoms with Gasteiger partial charge in [-0.05, 0) is 11.4 Å². The Morgan fingerprint density at radius 3 is 2.40 bits per heavy atom. The largest absolute Gasteiger partial charge is 1.00 e. The van der Waals surface area contributed by atoms with Crippen LogP contribution < -0.4 is 29.6 Å². The van der Waals surface area contributed by atoms with Gasteiger partial charge >= 0.3 is 35.5 Å². The molecule has 1 aromatic rings. The van der Waals surface area contributed by atoms with E-state index < -0.39 is 5.97 Å². The number of hydrogen-bond acceptors (Lipinski definition) is 3. The Morgan fingerprint density at radius 2 is 2.20 bits per heavy atom. The molecule has 0 fully saturated rings. The molecule has 2 N–H and O–H groups in total. The third-order valence-electron chi connectivity index (χ3n) is 0.732. The molecule has 0 spiro atoms. The average Bonchev–Trinajstić information content (AvgIpc) is 2.12. The van der Waals surface area contributed by atoms with Gasteiger partial charge in [0.15, 0.2) is 0 Å². The van der Waals surface area contributed by atoms with Crippen molar-refractivity contribution in [2.75, 3.05) is 0 Å². The van der Waals surface area contributed by atoms with Crippen molar-refractivity contribution in [1.82, 2.24) is 0 Å². The third-order valence-corrected chi connectivity index (χ3v) is 1.59. The molecule has 50 valence electrons. The zero-order chi connectivity index (χ0) is 5.98. The van der Waals surface area contributed by atoms with Crippen molar-refractivity contribution in [3.05, 3.63) is 22.4 Å². The van der Waals surface area contributed by atoms with Gasteiger partial charge in [0.05, 0.1) is 0 Å². The monoisotopic (exact) mass is 168 g/mol. The summed E-state index contributed by atoms with van der Waals surface area (Å²) in [6, 6.07) is 3.29. The van der Waals surface area contributed by atoms with Crippen LogP contribution in [0.2, 0.25) is 0 Å². The minimum absolute atomic E-state index is 0. The van der Waals surface area contributed by atoms with E-state index in [0.29, 0.717) is 4.88 Å². The van der Waals surface area contributed by atoms with Gasteiger partial charge in [-0.1, -0.05) is 6.07 Å². The van der Waals surface area contributed by atoms with Gasteiger partial charge in [-0.15, -0.1) is 11.3 Å². The van der Waals surface area contributed by atoms with Crippen molar-refractivity contribution in [3.8, 4) is 0 Å². The Morgan fingerprint density at radius 1 is 1.60 bits per heavy atom. The standard InChI is InChI=1S/C5H4O2S.Na.H2O/c6-5(7)4-2-1-3-8-4;;/h1-3H,(H,6,7);;1H2/q;+1;/p-1. The molecule has 5 heteroatoms. The third kappa shape index (κ3) is 3.34. The zero-order valence-corrected chi connectivity index (χ0v) is 8.26. The maximum atomic E-state index is 10.1. The summed E-state index contributed by atoms with van der Waals surface area (Å²) in [4.78, 5) is 10.5. The molecule has 1 aromatic heterocycles. The molecule has 3 nitrogen and oxygen atoms in total. The topological polar surface area (TPSA) is 67.3 Å². The smallest absolute Gasteiger partial charge is 0.870 e. The molecular formula is C5H5NaO3S. The van der Waals surface area contributed by atoms with Gasteiger partial charge < -0.3 is 10.6 Å². The molecule has 0 bridgehead atoms. The molecule has 0 aliphatic heterocycles. The molecule has 1 heterocycles. The second kappa shape index (κ2) is 5.88. The maximum absolute atomic E-state index is 10.1. The Hall–Kier alpha value is 0.130. The zero-order valence-electron chi connectivity index (χ0n) is 5.44. The predicted molar refractivity (Wildman–Crippen MR) is 33.2 cm³/mol. The Bertz CT molecular complexity index is 185. The Labute approximate surface area is 84.3 Å². The summed E-state index contributed by atoms with van der Waals surface area (Å²) in [5.41, 5.74) is 0. The number of hydrogen-bond donors (Lipinski definition) is 1. The number of carboxylic acids is 1. The molecule has 1 rings (SSSR count). The summed E-state index contributed by atoms with van der Waals surface area (Å²) >= 11 is 1.23. The van der Waals surface area contributed by atoms with Crippen LogP contribution >= 0.6 is 11.3 Å². The number of carboxylic acid groups (broad SMARTS) is 1. The molecule has 0 unspecified atom stereocenters. The van der Waals surface area contributed by atoms with E-state index in [-0.39, 0.29) is 35.0 Å². The van der Waals surface area contributed by atoms with Gasteiger partial charge in [0.2, 0.25) is 0 Å². The molecule has 10 heavy (non-hydrogen) atoms. The van der Waals surface area contributed by atoms with Crippen molar-refractivity contribution >= 4 is 17.3 Å². The normalized spacial score (nSPS) is 7.20. The van der Waals surface area contributed by atoms with Crippen LogP contribution in [-0.4, -0.2) is 16.6 Å². The molecule has 0 amide bonds. The van der Waals surface area contributed by atoms with E-state index in [0.717, 1.165) is 0 Å². The molecule has 0 atom stereocenters. The predicted octanol–water partition coefficient (Wildman–Crippen LogP) is -1.73. The first kappa shape index (κ1) is 12.8. The molecule has 0 saturated carbocycles. The summed E-state index contributed by atoms with van der Waals surface area (Å²) < 4.78 is 0. The van der Waals surface area contributed by atoms with Crippen LogP contribution in [0.3, 0.4) is 0 Å². The summed E-state index contributed by atoms with van der Waals surface area (Å²) in [5.74, 6) is -0.847. The van der Waals surface area contributed by atoms with E-state index in [2.05, 4.69) is 0 Å². The average molecular weight is 168 g/mol. The molecule has 0 saturated heterocycles. The molecular weight excluding hydrogens is 163 g/mol. The minimum Gasteiger partial charge on any atom is -0.870 e. The van der Waals surface area contributed by atoms with Gasteiger partial charge in [-0.3, -0.25) is 0 Å². The maximum Gasteiger partial charge on any atom is 1.00 e. The molecule has 0 radical (unpaired) electrons. The first-order valence-corrected chi connectivity index (χ1v) is 2.95. The van der Waals surface area contributed by atoms with Gasteiger partial charge in [0.25, 0.3) is 0 Å². The van der Waals surface area contributed by atoms with Crippen LogP contribution in [0.5, 0.6) is 0 Å². The van der Waals surface area contributed by atoms with Gasteiger partial charge in [0, 0.05) is 0 Å². The van der Waals surface area contributed by atoms with Crippen molar-refractivity contribution in [2.24, 2.45) is 0 Å². The summed E-state index contributed by atoms with van der Waals surface area (Å²) in [6.07, 6.45) is 0. The number of aromatic carboxylic acids is 1. The van der Waals surface area contributed by atoms with Crippen LogP contribution in [0.1, 0.15) is 9.67 Å². The molecule has 0 aliphatic carbocycles. The van der Waals surface area contributed by atoms with Gasteiger partial charge in [-0.25, -0.2) is 4.79 Å². The molecule has 0 aromatic carbocycles. The van der Waals surface area contributed by atoms with Crippen molar-refractivity contribution < 1.29 is 44.9 Å². The Balaban J connectivity index is 0. The minimum atomic E-state index is -0.847. The van der Waals surface area contributed by atoms with Gasteiger partial charge in [-0.2, -0.15) is 0 Å². The fourth-order valence-corrected chi connectivity index (χ4v) is 0.962. The SMILES string of the molecule is O=C(O)c1cccs1.[Na+].[OH-]. The fourth-order valence-electron chi connectivity index (χ4n) is 0.400. The van der Waals surface area contributed by atoms with Crippen LogP contribution in [0.25, 0.3) is 0 Å². The van der Waals surface area contributed by atoms with Crippen LogP contribution in [0.15, 0.2) is 17.5 Å². The van der Waals surface area contributed by atoms with E-state index in [1.165, 1.54) is 11.3 Å². The van der Waals surface area contributed by atoms with Crippen LogP contribution in [-0.2, 0) is 0 Å². The summed E-state index contributed by atoms with van der Waals surface area (Å²) in [6.45, 7) is 0. The Kier molecular flexibility index (Phi) is 7.51. The first-order valence-electron chi connectivity index (χ1n) is 2.07. The van der Waals surface area contributed by atoms with E-state index >= 15 is 0 Å². The first-order chi connectivity index (χ1) is 3.80. The molecule has 0 aliphatic rings. The van der Waals surface area contributed by atoms with E-state index in [1.807, 2.05) is 0 Å². The number of carbonyl (C=O) groups is 1.